The van der Waals surface area contributed by atoms with Gasteiger partial charge in [0, 0.05) is 18.9 Å². The van der Waals surface area contributed by atoms with Crippen molar-refractivity contribution in [2.75, 3.05) is 6.54 Å². The summed E-state index contributed by atoms with van der Waals surface area (Å²) in [6.45, 7) is 4.96. The molecule has 0 saturated carbocycles. The maximum atomic E-state index is 11.8. The van der Waals surface area contributed by atoms with Gasteiger partial charge in [-0.25, -0.2) is 4.79 Å². The Hall–Kier alpha value is -1.47. The van der Waals surface area contributed by atoms with Crippen LogP contribution in [0.15, 0.2) is 0 Å². The quantitative estimate of drug-likeness (QED) is 0.452. The third kappa shape index (κ3) is 5.80. The molecule has 1 unspecified atom stereocenters. The minimum Gasteiger partial charge on any atom is -0.480 e. The molecule has 0 aromatic carbocycles. The molecule has 0 aliphatic heterocycles. The summed E-state index contributed by atoms with van der Waals surface area (Å²) in [4.78, 5) is 34.3. The van der Waals surface area contributed by atoms with Gasteiger partial charge in [0.2, 0.25) is 5.91 Å². The van der Waals surface area contributed by atoms with E-state index in [1.807, 2.05) is 0 Å². The van der Waals surface area contributed by atoms with Crippen LogP contribution >= 0.6 is 0 Å². The number of carboxylic acid groups (broad SMARTS) is 1. The molecule has 1 amide bonds. The van der Waals surface area contributed by atoms with Gasteiger partial charge in [-0.1, -0.05) is 20.8 Å². The van der Waals surface area contributed by atoms with Crippen molar-refractivity contribution < 1.29 is 19.5 Å². The molecule has 0 heterocycles. The summed E-state index contributed by atoms with van der Waals surface area (Å²) in [5.74, 6) is -2.75. The third-order valence-electron chi connectivity index (χ3n) is 2.85. The zero-order valence-electron chi connectivity index (χ0n) is 11.6. The van der Waals surface area contributed by atoms with E-state index in [-0.39, 0.29) is 24.7 Å². The number of rotatable bonds is 8. The highest BCUT2D eigenvalue weighted by Crippen LogP contribution is 2.08. The normalized spacial score (nSPS) is 15.7. The molecule has 110 valence electrons. The van der Waals surface area contributed by atoms with E-state index < -0.39 is 29.9 Å². The number of nitrogens with one attached hydrogen (secondary N) is 1. The highest BCUT2D eigenvalue weighted by atomic mass is 16.4. The Morgan fingerprint density at radius 1 is 1.21 bits per heavy atom. The van der Waals surface area contributed by atoms with Crippen molar-refractivity contribution in [3.05, 3.63) is 0 Å². The largest absolute Gasteiger partial charge is 0.480 e. The van der Waals surface area contributed by atoms with Crippen molar-refractivity contribution in [2.24, 2.45) is 23.3 Å². The zero-order valence-corrected chi connectivity index (χ0v) is 11.6. The smallest absolute Gasteiger partial charge is 0.326 e. The summed E-state index contributed by atoms with van der Waals surface area (Å²) >= 11 is 0. The van der Waals surface area contributed by atoms with Crippen LogP contribution in [-0.2, 0) is 14.4 Å². The molecule has 6 N–H and O–H groups in total. The van der Waals surface area contributed by atoms with E-state index in [4.69, 9.17) is 16.6 Å². The van der Waals surface area contributed by atoms with Crippen molar-refractivity contribution in [3.63, 3.8) is 0 Å². The molecule has 0 radical (unpaired) electrons. The molecule has 3 atom stereocenters. The Morgan fingerprint density at radius 3 is 2.11 bits per heavy atom. The fourth-order valence-corrected chi connectivity index (χ4v) is 1.49. The summed E-state index contributed by atoms with van der Waals surface area (Å²) in [5.41, 5.74) is 10.7. The molecule has 0 aromatic heterocycles. The molecular weight excluding hydrogens is 250 g/mol. The van der Waals surface area contributed by atoms with Gasteiger partial charge in [-0.2, -0.15) is 0 Å². The fraction of sp³-hybridized carbons (Fsp3) is 0.750. The van der Waals surface area contributed by atoms with Crippen LogP contribution in [0.4, 0.5) is 0 Å². The van der Waals surface area contributed by atoms with Crippen molar-refractivity contribution in [3.8, 4) is 0 Å². The maximum absolute atomic E-state index is 11.8. The molecule has 7 heteroatoms. The number of carbonyl (C=O) groups excluding carboxylic acids is 2. The molecule has 0 aliphatic carbocycles. The van der Waals surface area contributed by atoms with E-state index in [1.165, 1.54) is 0 Å². The Morgan fingerprint density at radius 2 is 1.74 bits per heavy atom. The van der Waals surface area contributed by atoms with Gasteiger partial charge in [-0.05, 0) is 5.92 Å². The lowest BCUT2D eigenvalue weighted by Gasteiger charge is -2.20. The van der Waals surface area contributed by atoms with Crippen LogP contribution in [0.5, 0.6) is 0 Å². The van der Waals surface area contributed by atoms with Gasteiger partial charge in [0.05, 0.1) is 6.04 Å². The first-order valence-electron chi connectivity index (χ1n) is 6.22. The second-order valence-electron chi connectivity index (χ2n) is 4.98. The summed E-state index contributed by atoms with van der Waals surface area (Å²) in [6.07, 6.45) is -0.0470. The minimum atomic E-state index is -1.10. The summed E-state index contributed by atoms with van der Waals surface area (Å²) < 4.78 is 0. The maximum Gasteiger partial charge on any atom is 0.326 e. The monoisotopic (exact) mass is 273 g/mol. The number of aliphatic carboxylic acids is 1. The third-order valence-corrected chi connectivity index (χ3v) is 2.85. The molecule has 19 heavy (non-hydrogen) atoms. The van der Waals surface area contributed by atoms with Crippen LogP contribution in [-0.4, -0.2) is 41.4 Å². The first-order valence-corrected chi connectivity index (χ1v) is 6.22. The number of ketones is 1. The number of carboxylic acids is 1. The van der Waals surface area contributed by atoms with Gasteiger partial charge >= 0.3 is 5.97 Å². The molecule has 0 rings (SSSR count). The molecule has 0 bridgehead atoms. The van der Waals surface area contributed by atoms with Crippen LogP contribution in [0.2, 0.25) is 0 Å². The van der Waals surface area contributed by atoms with Crippen LogP contribution in [0.1, 0.15) is 27.2 Å². The van der Waals surface area contributed by atoms with Gasteiger partial charge in [0.25, 0.3) is 0 Å². The highest BCUT2D eigenvalue weighted by molar-refractivity contribution is 5.91. The predicted molar refractivity (Wildman–Crippen MR) is 70.2 cm³/mol. The highest BCUT2D eigenvalue weighted by Gasteiger charge is 2.27. The van der Waals surface area contributed by atoms with Crippen molar-refractivity contribution in [1.82, 2.24) is 5.32 Å². The Labute approximate surface area is 112 Å². The minimum absolute atomic E-state index is 0.0247. The molecular formula is C12H23N3O4. The lowest BCUT2D eigenvalue weighted by molar-refractivity contribution is -0.143. The Bertz CT molecular complexity index is 344. The van der Waals surface area contributed by atoms with Gasteiger partial charge in [0.15, 0.2) is 5.78 Å². The fourth-order valence-electron chi connectivity index (χ4n) is 1.49. The van der Waals surface area contributed by atoms with Gasteiger partial charge in [-0.3, -0.25) is 9.59 Å². The standard InChI is InChI=1S/C12H23N3O4/c1-6(2)10(12(18)19)15-11(17)7(3)4-9(16)8(14)5-13/h6-8,10H,4-5,13-14H2,1-3H3,(H,15,17)(H,18,19)/t7-,8?,10+/m1/s1. The lowest BCUT2D eigenvalue weighted by Crippen LogP contribution is -2.47. The average molecular weight is 273 g/mol. The predicted octanol–water partition coefficient (Wildman–Crippen LogP) is -0.907. The Kier molecular flexibility index (Phi) is 7.25. The molecule has 7 nitrogen and oxygen atoms in total. The van der Waals surface area contributed by atoms with Gasteiger partial charge in [0.1, 0.15) is 6.04 Å². The average Bonchev–Trinajstić information content (AvgIpc) is 2.33. The van der Waals surface area contributed by atoms with E-state index in [1.54, 1.807) is 20.8 Å². The van der Waals surface area contributed by atoms with E-state index in [2.05, 4.69) is 5.32 Å². The Balaban J connectivity index is 4.49. The van der Waals surface area contributed by atoms with Crippen LogP contribution < -0.4 is 16.8 Å². The van der Waals surface area contributed by atoms with Crippen molar-refractivity contribution >= 4 is 17.7 Å². The molecule has 0 aliphatic rings. The van der Waals surface area contributed by atoms with E-state index >= 15 is 0 Å². The van der Waals surface area contributed by atoms with Gasteiger partial charge in [-0.15, -0.1) is 0 Å². The van der Waals surface area contributed by atoms with Crippen LogP contribution in [0.3, 0.4) is 0 Å². The second-order valence-corrected chi connectivity index (χ2v) is 4.98. The molecule has 0 saturated heterocycles. The summed E-state index contributed by atoms with van der Waals surface area (Å²) in [6, 6.07) is -1.75. The van der Waals surface area contributed by atoms with E-state index in [0.29, 0.717) is 0 Å². The van der Waals surface area contributed by atoms with Crippen molar-refractivity contribution in [2.45, 2.75) is 39.3 Å². The number of amides is 1. The van der Waals surface area contributed by atoms with E-state index in [9.17, 15) is 14.4 Å². The lowest BCUT2D eigenvalue weighted by atomic mass is 9.98. The number of carbonyl (C=O) groups is 3. The number of nitrogens with two attached hydrogens (primary N) is 2. The second kappa shape index (κ2) is 7.85. The topological polar surface area (TPSA) is 136 Å². The summed E-state index contributed by atoms with van der Waals surface area (Å²) in [7, 11) is 0. The first kappa shape index (κ1) is 17.5. The summed E-state index contributed by atoms with van der Waals surface area (Å²) in [5, 5.41) is 11.4. The zero-order chi connectivity index (χ0) is 15.2. The SMILES string of the molecule is CC(C)[C@H](NC(=O)[C@H](C)CC(=O)C(N)CN)C(=O)O. The molecule has 0 aromatic rings. The molecule has 0 fully saturated rings. The number of hydrogen-bond donors (Lipinski definition) is 4. The first-order chi connectivity index (χ1) is 8.70. The van der Waals surface area contributed by atoms with Crippen LogP contribution in [0.25, 0.3) is 0 Å². The number of Topliss-reactive ketones (excluding diaryl/α,β-unsaturated/α-hetero) is 1. The molecule has 0 spiro atoms. The van der Waals surface area contributed by atoms with E-state index in [0.717, 1.165) is 0 Å². The number of hydrogen-bond acceptors (Lipinski definition) is 5. The van der Waals surface area contributed by atoms with Crippen molar-refractivity contribution in [1.29, 1.82) is 0 Å². The van der Waals surface area contributed by atoms with Crippen LogP contribution in [0, 0.1) is 11.8 Å². The van der Waals surface area contributed by atoms with Gasteiger partial charge < -0.3 is 21.9 Å².